The Hall–Kier alpha value is -1.44. The van der Waals surface area contributed by atoms with Crippen LogP contribution in [0.4, 0.5) is 13.2 Å². The molecule has 1 rings (SSSR count). The number of aryl methyl sites for hydroxylation is 1. The maximum absolute atomic E-state index is 12.0. The van der Waals surface area contributed by atoms with Crippen molar-refractivity contribution < 1.29 is 17.6 Å². The van der Waals surface area contributed by atoms with E-state index in [1.807, 2.05) is 6.07 Å². The number of halogens is 3. The van der Waals surface area contributed by atoms with Gasteiger partial charge in [0.1, 0.15) is 5.76 Å². The zero-order valence-electron chi connectivity index (χ0n) is 6.56. The smallest absolute Gasteiger partial charge is 0.449 e. The van der Waals surface area contributed by atoms with Crippen molar-refractivity contribution in [3.8, 4) is 6.07 Å². The first kappa shape index (κ1) is 9.65. The van der Waals surface area contributed by atoms with E-state index in [-0.39, 0.29) is 18.6 Å². The van der Waals surface area contributed by atoms with Crippen molar-refractivity contribution >= 4 is 0 Å². The third-order valence-corrected chi connectivity index (χ3v) is 1.42. The summed E-state index contributed by atoms with van der Waals surface area (Å²) in [5.74, 6) is -0.825. The van der Waals surface area contributed by atoms with Gasteiger partial charge in [0.2, 0.25) is 5.76 Å². The van der Waals surface area contributed by atoms with Crippen LogP contribution in [0, 0.1) is 11.3 Å². The first-order valence-electron chi connectivity index (χ1n) is 3.57. The van der Waals surface area contributed by atoms with E-state index in [1.54, 1.807) is 0 Å². The monoisotopic (exact) mass is 189 g/mol. The lowest BCUT2D eigenvalue weighted by atomic mass is 10.3. The molecule has 70 valence electrons. The Labute approximate surface area is 72.6 Å². The number of hydrogen-bond donors (Lipinski definition) is 0. The molecule has 0 amide bonds. The van der Waals surface area contributed by atoms with Crippen molar-refractivity contribution in [1.82, 2.24) is 0 Å². The highest BCUT2D eigenvalue weighted by atomic mass is 19.4. The molecule has 0 fully saturated rings. The summed E-state index contributed by atoms with van der Waals surface area (Å²) < 4.78 is 40.4. The van der Waals surface area contributed by atoms with Gasteiger partial charge in [0, 0.05) is 12.8 Å². The fraction of sp³-hybridized carbons (Fsp3) is 0.375. The molecule has 0 N–H and O–H groups in total. The van der Waals surface area contributed by atoms with Gasteiger partial charge in [-0.3, -0.25) is 0 Å². The Bertz CT molecular complexity index is 321. The summed E-state index contributed by atoms with van der Waals surface area (Å²) in [7, 11) is 0. The van der Waals surface area contributed by atoms with E-state index >= 15 is 0 Å². The molecule has 0 bridgehead atoms. The third kappa shape index (κ3) is 2.51. The molecule has 0 saturated heterocycles. The molecule has 1 aromatic rings. The second-order valence-corrected chi connectivity index (χ2v) is 2.42. The molecule has 0 atom stereocenters. The first-order valence-corrected chi connectivity index (χ1v) is 3.57. The molecule has 0 saturated carbocycles. The maximum atomic E-state index is 12.0. The highest BCUT2D eigenvalue weighted by Gasteiger charge is 2.34. The van der Waals surface area contributed by atoms with Gasteiger partial charge in [0.15, 0.2) is 0 Å². The minimum atomic E-state index is -4.44. The van der Waals surface area contributed by atoms with Crippen molar-refractivity contribution in [3.05, 3.63) is 23.7 Å². The first-order chi connectivity index (χ1) is 6.04. The lowest BCUT2D eigenvalue weighted by Crippen LogP contribution is -2.02. The molecule has 0 unspecified atom stereocenters. The van der Waals surface area contributed by atoms with E-state index in [0.717, 1.165) is 6.07 Å². The number of rotatable bonds is 2. The van der Waals surface area contributed by atoms with E-state index in [2.05, 4.69) is 4.42 Å². The summed E-state index contributed by atoms with van der Waals surface area (Å²) in [6.07, 6.45) is -4.07. The highest BCUT2D eigenvalue weighted by molar-refractivity contribution is 5.10. The number of nitrogens with zero attached hydrogens (tertiary/aromatic N) is 1. The molecule has 0 aliphatic rings. The van der Waals surface area contributed by atoms with Gasteiger partial charge >= 0.3 is 6.18 Å². The van der Waals surface area contributed by atoms with Gasteiger partial charge in [-0.2, -0.15) is 18.4 Å². The molecular formula is C8H6F3NO. The van der Waals surface area contributed by atoms with E-state index < -0.39 is 11.9 Å². The van der Waals surface area contributed by atoms with Crippen LogP contribution in [-0.2, 0) is 12.6 Å². The maximum Gasteiger partial charge on any atom is 0.449 e. The van der Waals surface area contributed by atoms with Crippen LogP contribution >= 0.6 is 0 Å². The largest absolute Gasteiger partial charge is 0.456 e. The molecule has 0 spiro atoms. The van der Waals surface area contributed by atoms with Crippen molar-refractivity contribution in [2.24, 2.45) is 0 Å². The normalized spacial score (nSPS) is 11.2. The molecular weight excluding hydrogens is 183 g/mol. The van der Waals surface area contributed by atoms with Gasteiger partial charge < -0.3 is 4.42 Å². The Kier molecular flexibility index (Phi) is 2.61. The zero-order chi connectivity index (χ0) is 9.90. The molecule has 1 heterocycles. The number of furan rings is 1. The zero-order valence-corrected chi connectivity index (χ0v) is 6.56. The van der Waals surface area contributed by atoms with Gasteiger partial charge in [0.05, 0.1) is 6.07 Å². The standard InChI is InChI=1S/C8H6F3NO/c9-8(10,11)7-4-3-6(13-7)2-1-5-12/h3-4H,1-2H2. The fourth-order valence-corrected chi connectivity index (χ4v) is 0.844. The number of hydrogen-bond acceptors (Lipinski definition) is 2. The average Bonchev–Trinajstić information content (AvgIpc) is 2.47. The van der Waals surface area contributed by atoms with Crippen LogP contribution in [0.2, 0.25) is 0 Å². The molecule has 1 aromatic heterocycles. The van der Waals surface area contributed by atoms with Crippen LogP contribution in [0.5, 0.6) is 0 Å². The van der Waals surface area contributed by atoms with Crippen molar-refractivity contribution in [2.45, 2.75) is 19.0 Å². The van der Waals surface area contributed by atoms with Gasteiger partial charge in [-0.1, -0.05) is 0 Å². The van der Waals surface area contributed by atoms with E-state index in [9.17, 15) is 13.2 Å². The van der Waals surface area contributed by atoms with Crippen LogP contribution in [0.25, 0.3) is 0 Å². The second-order valence-electron chi connectivity index (χ2n) is 2.42. The summed E-state index contributed by atoms with van der Waals surface area (Å²) >= 11 is 0. The quantitative estimate of drug-likeness (QED) is 0.717. The van der Waals surface area contributed by atoms with Gasteiger partial charge in [-0.25, -0.2) is 0 Å². The number of alkyl halides is 3. The summed E-state index contributed by atoms with van der Waals surface area (Å²) in [4.78, 5) is 0. The number of nitriles is 1. The molecule has 0 radical (unpaired) electrons. The Balaban J connectivity index is 2.71. The average molecular weight is 189 g/mol. The van der Waals surface area contributed by atoms with Crippen LogP contribution in [0.1, 0.15) is 17.9 Å². The predicted octanol–water partition coefficient (Wildman–Crippen LogP) is 2.75. The summed E-state index contributed by atoms with van der Waals surface area (Å²) in [5.41, 5.74) is 0. The van der Waals surface area contributed by atoms with Crippen molar-refractivity contribution in [3.63, 3.8) is 0 Å². The van der Waals surface area contributed by atoms with Crippen molar-refractivity contribution in [2.75, 3.05) is 0 Å². The minimum Gasteiger partial charge on any atom is -0.456 e. The molecule has 2 nitrogen and oxygen atoms in total. The minimum absolute atomic E-state index is 0.158. The lowest BCUT2D eigenvalue weighted by Gasteiger charge is -2.00. The molecule has 0 aliphatic carbocycles. The molecule has 0 aromatic carbocycles. The predicted molar refractivity (Wildman–Crippen MR) is 37.6 cm³/mol. The highest BCUT2D eigenvalue weighted by Crippen LogP contribution is 2.30. The van der Waals surface area contributed by atoms with Crippen LogP contribution in [0.3, 0.4) is 0 Å². The van der Waals surface area contributed by atoms with E-state index in [4.69, 9.17) is 5.26 Å². The Morgan fingerprint density at radius 3 is 2.54 bits per heavy atom. The third-order valence-electron chi connectivity index (χ3n) is 1.42. The van der Waals surface area contributed by atoms with Crippen LogP contribution in [-0.4, -0.2) is 0 Å². The van der Waals surface area contributed by atoms with Gasteiger partial charge in [-0.05, 0) is 12.1 Å². The van der Waals surface area contributed by atoms with Crippen LogP contribution in [0.15, 0.2) is 16.5 Å². The fourth-order valence-electron chi connectivity index (χ4n) is 0.844. The summed E-state index contributed by atoms with van der Waals surface area (Å²) in [5, 5.41) is 8.18. The van der Waals surface area contributed by atoms with Crippen LogP contribution < -0.4 is 0 Å². The van der Waals surface area contributed by atoms with E-state index in [0.29, 0.717) is 0 Å². The lowest BCUT2D eigenvalue weighted by molar-refractivity contribution is -0.153. The second kappa shape index (κ2) is 3.52. The Morgan fingerprint density at radius 1 is 1.38 bits per heavy atom. The Morgan fingerprint density at radius 2 is 2.08 bits per heavy atom. The van der Waals surface area contributed by atoms with Crippen molar-refractivity contribution in [1.29, 1.82) is 5.26 Å². The molecule has 13 heavy (non-hydrogen) atoms. The van der Waals surface area contributed by atoms with Gasteiger partial charge in [0.25, 0.3) is 0 Å². The van der Waals surface area contributed by atoms with E-state index in [1.165, 1.54) is 6.07 Å². The summed E-state index contributed by atoms with van der Waals surface area (Å²) in [6.45, 7) is 0. The summed E-state index contributed by atoms with van der Waals surface area (Å²) in [6, 6.07) is 3.93. The molecule has 5 heteroatoms. The topological polar surface area (TPSA) is 36.9 Å². The van der Waals surface area contributed by atoms with Gasteiger partial charge in [-0.15, -0.1) is 0 Å². The SMILES string of the molecule is N#CCCc1ccc(C(F)(F)F)o1. The molecule has 0 aliphatic heterocycles.